The van der Waals surface area contributed by atoms with E-state index in [2.05, 4.69) is 98.4 Å². The molecule has 0 aliphatic heterocycles. The van der Waals surface area contributed by atoms with Crippen molar-refractivity contribution in [1.82, 2.24) is 0 Å². The van der Waals surface area contributed by atoms with Crippen molar-refractivity contribution in [2.75, 3.05) is 0 Å². The molecule has 136 valence electrons. The maximum absolute atomic E-state index is 6.58. The van der Waals surface area contributed by atoms with Gasteiger partial charge in [0.1, 0.15) is 18.2 Å². The number of hydrogen-bond donors (Lipinski definition) is 0. The van der Waals surface area contributed by atoms with Crippen molar-refractivity contribution in [3.63, 3.8) is 0 Å². The van der Waals surface area contributed by atoms with Crippen LogP contribution in [0.2, 0.25) is 0 Å². The first-order valence-corrected chi connectivity index (χ1v) is 9.60. The molecule has 0 aliphatic carbocycles. The standard InChI is InChI=1S/C26H22NO/c1-17-10-13-19(14-11-17)20-7-6-8-21-22-15-12-18(2)24(26(22)28-25(20)21)23-9-4-5-16-27(23)3/h4-16H,1-3H3/q+1. The summed E-state index contributed by atoms with van der Waals surface area (Å²) in [7, 11) is 2.08. The highest BCUT2D eigenvalue weighted by molar-refractivity contribution is 6.13. The molecule has 3 aromatic carbocycles. The van der Waals surface area contributed by atoms with Crippen LogP contribution in [-0.4, -0.2) is 0 Å². The van der Waals surface area contributed by atoms with Crippen LogP contribution in [0, 0.1) is 13.8 Å². The van der Waals surface area contributed by atoms with Gasteiger partial charge in [-0.3, -0.25) is 0 Å². The number of rotatable bonds is 2. The lowest BCUT2D eigenvalue weighted by molar-refractivity contribution is -0.660. The highest BCUT2D eigenvalue weighted by Gasteiger charge is 2.21. The Morgan fingerprint density at radius 2 is 1.50 bits per heavy atom. The predicted octanol–water partition coefficient (Wildman–Crippen LogP) is 6.36. The van der Waals surface area contributed by atoms with Crippen molar-refractivity contribution >= 4 is 21.9 Å². The van der Waals surface area contributed by atoms with Crippen LogP contribution in [0.1, 0.15) is 11.1 Å². The fourth-order valence-corrected chi connectivity index (χ4v) is 4.02. The molecule has 0 atom stereocenters. The van der Waals surface area contributed by atoms with Gasteiger partial charge in [-0.25, -0.2) is 4.57 Å². The number of furan rings is 1. The van der Waals surface area contributed by atoms with Crippen molar-refractivity contribution < 1.29 is 8.98 Å². The Hall–Kier alpha value is -3.39. The second-order valence-electron chi connectivity index (χ2n) is 7.48. The van der Waals surface area contributed by atoms with Gasteiger partial charge in [0.05, 0.1) is 5.56 Å². The molecule has 2 aromatic heterocycles. The average Bonchev–Trinajstić information content (AvgIpc) is 3.08. The first kappa shape index (κ1) is 16.8. The third-order valence-electron chi connectivity index (χ3n) is 5.55. The minimum absolute atomic E-state index is 0.951. The van der Waals surface area contributed by atoms with E-state index in [-0.39, 0.29) is 0 Å². The zero-order valence-electron chi connectivity index (χ0n) is 16.4. The van der Waals surface area contributed by atoms with Crippen LogP contribution in [0.25, 0.3) is 44.3 Å². The molecule has 0 spiro atoms. The van der Waals surface area contributed by atoms with Crippen LogP contribution in [0.3, 0.4) is 0 Å². The van der Waals surface area contributed by atoms with Crippen molar-refractivity contribution in [2.24, 2.45) is 7.05 Å². The molecule has 0 fully saturated rings. The van der Waals surface area contributed by atoms with Gasteiger partial charge in [0.15, 0.2) is 6.20 Å². The van der Waals surface area contributed by atoms with Gasteiger partial charge in [0.2, 0.25) is 5.69 Å². The van der Waals surface area contributed by atoms with Gasteiger partial charge in [-0.15, -0.1) is 0 Å². The Morgan fingerprint density at radius 1 is 0.714 bits per heavy atom. The van der Waals surface area contributed by atoms with Crippen LogP contribution < -0.4 is 4.57 Å². The quantitative estimate of drug-likeness (QED) is 0.333. The van der Waals surface area contributed by atoms with Crippen LogP contribution in [0.4, 0.5) is 0 Å². The van der Waals surface area contributed by atoms with Gasteiger partial charge in [-0.2, -0.15) is 0 Å². The maximum Gasteiger partial charge on any atom is 0.216 e. The second-order valence-corrected chi connectivity index (χ2v) is 7.48. The minimum Gasteiger partial charge on any atom is -0.454 e. The Kier molecular flexibility index (Phi) is 3.80. The molecule has 0 aliphatic rings. The lowest BCUT2D eigenvalue weighted by Gasteiger charge is -2.05. The summed E-state index contributed by atoms with van der Waals surface area (Å²) in [5, 5.41) is 2.32. The van der Waals surface area contributed by atoms with Gasteiger partial charge in [-0.05, 0) is 31.0 Å². The van der Waals surface area contributed by atoms with Crippen LogP contribution >= 0.6 is 0 Å². The molecule has 0 saturated heterocycles. The van der Waals surface area contributed by atoms with Crippen molar-refractivity contribution in [3.8, 4) is 22.4 Å². The van der Waals surface area contributed by atoms with E-state index in [0.717, 1.165) is 38.8 Å². The lowest BCUT2D eigenvalue weighted by atomic mass is 9.99. The van der Waals surface area contributed by atoms with Crippen molar-refractivity contribution in [2.45, 2.75) is 13.8 Å². The fourth-order valence-electron chi connectivity index (χ4n) is 4.02. The molecular formula is C26H22NO+. The number of para-hydroxylation sites is 1. The molecular weight excluding hydrogens is 342 g/mol. The summed E-state index contributed by atoms with van der Waals surface area (Å²) in [6, 6.07) is 25.7. The first-order valence-electron chi connectivity index (χ1n) is 9.60. The van der Waals surface area contributed by atoms with Crippen LogP contribution in [0.5, 0.6) is 0 Å². The Bertz CT molecular complexity index is 1330. The second kappa shape index (κ2) is 6.35. The highest BCUT2D eigenvalue weighted by atomic mass is 16.3. The summed E-state index contributed by atoms with van der Waals surface area (Å²) in [5.74, 6) is 0. The van der Waals surface area contributed by atoms with E-state index in [9.17, 15) is 0 Å². The van der Waals surface area contributed by atoms with E-state index in [1.807, 2.05) is 6.07 Å². The highest BCUT2D eigenvalue weighted by Crippen LogP contribution is 2.40. The monoisotopic (exact) mass is 364 g/mol. The number of fused-ring (bicyclic) bond motifs is 3. The summed E-state index contributed by atoms with van der Waals surface area (Å²) in [5.41, 5.74) is 9.00. The maximum atomic E-state index is 6.58. The van der Waals surface area contributed by atoms with E-state index in [1.165, 1.54) is 16.7 Å². The molecule has 0 radical (unpaired) electrons. The Balaban J connectivity index is 1.86. The van der Waals surface area contributed by atoms with Gasteiger partial charge in [0, 0.05) is 28.5 Å². The fraction of sp³-hybridized carbons (Fsp3) is 0.115. The molecule has 2 heteroatoms. The molecule has 0 bridgehead atoms. The smallest absolute Gasteiger partial charge is 0.216 e. The van der Waals surface area contributed by atoms with E-state index >= 15 is 0 Å². The molecule has 5 rings (SSSR count). The number of hydrogen-bond acceptors (Lipinski definition) is 1. The summed E-state index contributed by atoms with van der Waals surface area (Å²) < 4.78 is 8.72. The van der Waals surface area contributed by atoms with E-state index in [1.54, 1.807) is 0 Å². The third-order valence-corrected chi connectivity index (χ3v) is 5.55. The SMILES string of the molecule is Cc1ccc(-c2cccc3c2oc2c(-c4cccc[n+]4C)c(C)ccc23)cc1. The summed E-state index contributed by atoms with van der Waals surface area (Å²) >= 11 is 0. The number of aryl methyl sites for hydroxylation is 3. The van der Waals surface area contributed by atoms with Crippen LogP contribution in [-0.2, 0) is 7.05 Å². The topological polar surface area (TPSA) is 17.0 Å². The van der Waals surface area contributed by atoms with Gasteiger partial charge < -0.3 is 4.42 Å². The number of nitrogens with zero attached hydrogens (tertiary/aromatic N) is 1. The third kappa shape index (κ3) is 2.53. The normalized spacial score (nSPS) is 11.4. The molecule has 0 N–H and O–H groups in total. The average molecular weight is 364 g/mol. The Labute approximate surface area is 164 Å². The molecule has 28 heavy (non-hydrogen) atoms. The summed E-state index contributed by atoms with van der Waals surface area (Å²) in [6.07, 6.45) is 2.08. The molecule has 2 heterocycles. The zero-order valence-corrected chi connectivity index (χ0v) is 16.4. The first-order chi connectivity index (χ1) is 13.6. The number of aromatic nitrogens is 1. The van der Waals surface area contributed by atoms with Crippen LogP contribution in [0.15, 0.2) is 83.4 Å². The van der Waals surface area contributed by atoms with Gasteiger partial charge >= 0.3 is 0 Å². The van der Waals surface area contributed by atoms with Crippen molar-refractivity contribution in [1.29, 1.82) is 0 Å². The molecule has 2 nitrogen and oxygen atoms in total. The zero-order chi connectivity index (χ0) is 19.3. The minimum atomic E-state index is 0.951. The van der Waals surface area contributed by atoms with Crippen molar-refractivity contribution in [3.05, 3.63) is 90.1 Å². The Morgan fingerprint density at radius 3 is 2.29 bits per heavy atom. The van der Waals surface area contributed by atoms with E-state index in [0.29, 0.717) is 0 Å². The molecule has 0 unspecified atom stereocenters. The largest absolute Gasteiger partial charge is 0.454 e. The number of benzene rings is 3. The van der Waals surface area contributed by atoms with E-state index in [4.69, 9.17) is 4.42 Å². The summed E-state index contributed by atoms with van der Waals surface area (Å²) in [4.78, 5) is 0. The predicted molar refractivity (Wildman–Crippen MR) is 115 cm³/mol. The molecule has 5 aromatic rings. The number of pyridine rings is 1. The lowest BCUT2D eigenvalue weighted by Crippen LogP contribution is -2.30. The molecule has 0 amide bonds. The van der Waals surface area contributed by atoms with Gasteiger partial charge in [-0.1, -0.05) is 60.2 Å². The van der Waals surface area contributed by atoms with Gasteiger partial charge in [0.25, 0.3) is 0 Å². The molecule has 0 saturated carbocycles. The van der Waals surface area contributed by atoms with E-state index < -0.39 is 0 Å². The summed E-state index contributed by atoms with van der Waals surface area (Å²) in [6.45, 7) is 4.26.